The van der Waals surface area contributed by atoms with Crippen LogP contribution in [-0.4, -0.2) is 39.3 Å². The fourth-order valence-electron chi connectivity index (χ4n) is 2.50. The van der Waals surface area contributed by atoms with Gasteiger partial charge in [0.1, 0.15) is 5.69 Å². The molecular weight excluding hydrogens is 226 g/mol. The number of rotatable bonds is 3. The van der Waals surface area contributed by atoms with Crippen molar-refractivity contribution in [2.45, 2.75) is 45.1 Å². The van der Waals surface area contributed by atoms with Crippen molar-refractivity contribution >= 4 is 5.78 Å². The Labute approximate surface area is 108 Å². The van der Waals surface area contributed by atoms with Crippen LogP contribution < -0.4 is 0 Å². The molecule has 1 aromatic rings. The summed E-state index contributed by atoms with van der Waals surface area (Å²) in [5, 5.41) is 0. The van der Waals surface area contributed by atoms with E-state index in [1.807, 2.05) is 13.8 Å². The Balaban J connectivity index is 2.16. The predicted molar refractivity (Wildman–Crippen MR) is 70.5 cm³/mol. The zero-order valence-corrected chi connectivity index (χ0v) is 11.2. The molecule has 1 aliphatic heterocycles. The SMILES string of the molecule is CC(C)(C(=O)c1cnccn1)N1CCCCCC1. The number of nitrogens with zero attached hydrogens (tertiary/aromatic N) is 3. The van der Waals surface area contributed by atoms with Gasteiger partial charge in [-0.2, -0.15) is 0 Å². The minimum atomic E-state index is -0.486. The van der Waals surface area contributed by atoms with Crippen LogP contribution in [0.15, 0.2) is 18.6 Å². The third kappa shape index (κ3) is 2.75. The van der Waals surface area contributed by atoms with Crippen LogP contribution in [-0.2, 0) is 0 Å². The number of carbonyl (C=O) groups excluding carboxylic acids is 1. The quantitative estimate of drug-likeness (QED) is 0.769. The fraction of sp³-hybridized carbons (Fsp3) is 0.643. The molecular formula is C14H21N3O. The smallest absolute Gasteiger partial charge is 0.202 e. The maximum absolute atomic E-state index is 12.5. The highest BCUT2D eigenvalue weighted by Crippen LogP contribution is 2.23. The molecule has 1 saturated heterocycles. The van der Waals surface area contributed by atoms with E-state index in [0.29, 0.717) is 5.69 Å². The van der Waals surface area contributed by atoms with Gasteiger partial charge in [0.25, 0.3) is 0 Å². The topological polar surface area (TPSA) is 46.1 Å². The number of likely N-dealkylation sites (tertiary alicyclic amines) is 1. The van der Waals surface area contributed by atoms with E-state index in [-0.39, 0.29) is 5.78 Å². The van der Waals surface area contributed by atoms with Crippen LogP contribution >= 0.6 is 0 Å². The molecule has 0 radical (unpaired) electrons. The van der Waals surface area contributed by atoms with E-state index in [1.54, 1.807) is 18.6 Å². The van der Waals surface area contributed by atoms with Crippen molar-refractivity contribution in [3.8, 4) is 0 Å². The number of carbonyl (C=O) groups is 1. The van der Waals surface area contributed by atoms with Crippen LogP contribution in [0.1, 0.15) is 50.0 Å². The Bertz CT molecular complexity index is 395. The van der Waals surface area contributed by atoms with Crippen molar-refractivity contribution in [3.05, 3.63) is 24.3 Å². The summed E-state index contributed by atoms with van der Waals surface area (Å²) >= 11 is 0. The average molecular weight is 247 g/mol. The molecule has 0 atom stereocenters. The molecule has 98 valence electrons. The van der Waals surface area contributed by atoms with Crippen molar-refractivity contribution in [2.24, 2.45) is 0 Å². The summed E-state index contributed by atoms with van der Waals surface area (Å²) in [6.07, 6.45) is 9.62. The highest BCUT2D eigenvalue weighted by Gasteiger charge is 2.35. The molecule has 2 rings (SSSR count). The Hall–Kier alpha value is -1.29. The number of aromatic nitrogens is 2. The molecule has 0 aliphatic carbocycles. The first kappa shape index (κ1) is 13.1. The second-order valence-electron chi connectivity index (χ2n) is 5.38. The van der Waals surface area contributed by atoms with Gasteiger partial charge in [-0.1, -0.05) is 12.8 Å². The summed E-state index contributed by atoms with van der Waals surface area (Å²) < 4.78 is 0. The van der Waals surface area contributed by atoms with Crippen LogP contribution in [0.4, 0.5) is 0 Å². The highest BCUT2D eigenvalue weighted by molar-refractivity contribution is 6.00. The molecule has 1 aliphatic rings. The van der Waals surface area contributed by atoms with Gasteiger partial charge in [-0.05, 0) is 39.8 Å². The van der Waals surface area contributed by atoms with Crippen molar-refractivity contribution in [2.75, 3.05) is 13.1 Å². The van der Waals surface area contributed by atoms with Gasteiger partial charge in [-0.25, -0.2) is 4.98 Å². The summed E-state index contributed by atoms with van der Waals surface area (Å²) in [5.41, 5.74) is -0.0212. The molecule has 0 aromatic carbocycles. The first-order chi connectivity index (χ1) is 8.62. The fourth-order valence-corrected chi connectivity index (χ4v) is 2.50. The number of Topliss-reactive ketones (excluding diaryl/α,β-unsaturated/α-hetero) is 1. The van der Waals surface area contributed by atoms with Crippen molar-refractivity contribution in [1.29, 1.82) is 0 Å². The number of ketones is 1. The second-order valence-corrected chi connectivity index (χ2v) is 5.38. The lowest BCUT2D eigenvalue weighted by molar-refractivity contribution is 0.0643. The minimum Gasteiger partial charge on any atom is -0.291 e. The van der Waals surface area contributed by atoms with E-state index in [1.165, 1.54) is 25.7 Å². The Morgan fingerprint density at radius 2 is 1.83 bits per heavy atom. The van der Waals surface area contributed by atoms with Crippen LogP contribution in [0.25, 0.3) is 0 Å². The summed E-state index contributed by atoms with van der Waals surface area (Å²) in [4.78, 5) is 22.9. The molecule has 2 heterocycles. The monoisotopic (exact) mass is 247 g/mol. The lowest BCUT2D eigenvalue weighted by atomic mass is 9.94. The van der Waals surface area contributed by atoms with Crippen LogP contribution in [0, 0.1) is 0 Å². The summed E-state index contributed by atoms with van der Waals surface area (Å²) in [6.45, 7) is 5.99. The maximum atomic E-state index is 12.5. The zero-order chi connectivity index (χ0) is 13.0. The predicted octanol–water partition coefficient (Wildman–Crippen LogP) is 2.31. The van der Waals surface area contributed by atoms with E-state index in [9.17, 15) is 4.79 Å². The average Bonchev–Trinajstić information content (AvgIpc) is 2.68. The second kappa shape index (κ2) is 5.57. The van der Waals surface area contributed by atoms with E-state index in [0.717, 1.165) is 13.1 Å². The Kier molecular flexibility index (Phi) is 4.07. The minimum absolute atomic E-state index is 0.0671. The van der Waals surface area contributed by atoms with Crippen LogP contribution in [0.5, 0.6) is 0 Å². The third-order valence-electron chi connectivity index (χ3n) is 3.75. The van der Waals surface area contributed by atoms with E-state index in [2.05, 4.69) is 14.9 Å². The molecule has 0 saturated carbocycles. The molecule has 4 nitrogen and oxygen atoms in total. The lowest BCUT2D eigenvalue weighted by Gasteiger charge is -2.36. The van der Waals surface area contributed by atoms with Crippen molar-refractivity contribution < 1.29 is 4.79 Å². The number of hydrogen-bond donors (Lipinski definition) is 0. The molecule has 0 amide bonds. The highest BCUT2D eigenvalue weighted by atomic mass is 16.1. The van der Waals surface area contributed by atoms with E-state index >= 15 is 0 Å². The molecule has 0 bridgehead atoms. The summed E-state index contributed by atoms with van der Waals surface area (Å²) in [5.74, 6) is 0.0671. The van der Waals surface area contributed by atoms with Gasteiger partial charge < -0.3 is 0 Å². The number of hydrogen-bond acceptors (Lipinski definition) is 4. The van der Waals surface area contributed by atoms with E-state index < -0.39 is 5.54 Å². The largest absolute Gasteiger partial charge is 0.291 e. The Morgan fingerprint density at radius 1 is 1.17 bits per heavy atom. The van der Waals surface area contributed by atoms with E-state index in [4.69, 9.17) is 0 Å². The molecule has 4 heteroatoms. The lowest BCUT2D eigenvalue weighted by Crippen LogP contribution is -2.50. The molecule has 0 spiro atoms. The summed E-state index contributed by atoms with van der Waals surface area (Å²) in [7, 11) is 0. The molecule has 18 heavy (non-hydrogen) atoms. The van der Waals surface area contributed by atoms with Gasteiger partial charge in [0.05, 0.1) is 11.7 Å². The normalized spacial score (nSPS) is 18.3. The molecule has 1 fully saturated rings. The molecule has 1 aromatic heterocycles. The van der Waals surface area contributed by atoms with Crippen LogP contribution in [0.3, 0.4) is 0 Å². The standard InChI is InChI=1S/C14H21N3O/c1-14(2,17-9-5-3-4-6-10-17)13(18)12-11-15-7-8-16-12/h7-8,11H,3-6,9-10H2,1-2H3. The van der Waals surface area contributed by atoms with Crippen LogP contribution in [0.2, 0.25) is 0 Å². The van der Waals surface area contributed by atoms with Crippen molar-refractivity contribution in [1.82, 2.24) is 14.9 Å². The third-order valence-corrected chi connectivity index (χ3v) is 3.75. The zero-order valence-electron chi connectivity index (χ0n) is 11.2. The molecule has 0 unspecified atom stereocenters. The Morgan fingerprint density at radius 3 is 2.39 bits per heavy atom. The summed E-state index contributed by atoms with van der Waals surface area (Å²) in [6, 6.07) is 0. The first-order valence-electron chi connectivity index (χ1n) is 6.68. The molecule has 0 N–H and O–H groups in total. The van der Waals surface area contributed by atoms with Gasteiger partial charge in [0.2, 0.25) is 5.78 Å². The first-order valence-corrected chi connectivity index (χ1v) is 6.68. The van der Waals surface area contributed by atoms with Gasteiger partial charge >= 0.3 is 0 Å². The van der Waals surface area contributed by atoms with Gasteiger partial charge in [-0.3, -0.25) is 14.7 Å². The van der Waals surface area contributed by atoms with Gasteiger partial charge in [-0.15, -0.1) is 0 Å². The van der Waals surface area contributed by atoms with Crippen molar-refractivity contribution in [3.63, 3.8) is 0 Å². The van der Waals surface area contributed by atoms with Gasteiger partial charge in [0.15, 0.2) is 0 Å². The maximum Gasteiger partial charge on any atom is 0.202 e. The van der Waals surface area contributed by atoms with Gasteiger partial charge in [0, 0.05) is 12.4 Å².